The molecule has 0 aliphatic rings. The topological polar surface area (TPSA) is 0 Å². The molecule has 0 nitrogen and oxygen atoms in total. The molecule has 0 spiro atoms. The maximum absolute atomic E-state index is 3.24. The Morgan fingerprint density at radius 2 is 1.20 bits per heavy atom. The van der Waals surface area contributed by atoms with E-state index in [2.05, 4.69) is 44.0 Å². The molecule has 10 heavy (non-hydrogen) atoms. The van der Waals surface area contributed by atoms with Crippen LogP contribution in [0, 0.1) is 0 Å². The minimum atomic E-state index is 0.957. The number of hydrogen-bond acceptors (Lipinski definition) is 0. The van der Waals surface area contributed by atoms with Crippen LogP contribution in [0.4, 0.5) is 0 Å². The second-order valence-corrected chi connectivity index (χ2v) is 2.74. The summed E-state index contributed by atoms with van der Waals surface area (Å²) < 4.78 is 0. The summed E-state index contributed by atoms with van der Waals surface area (Å²) in [7, 11) is 0. The summed E-state index contributed by atoms with van der Waals surface area (Å²) in [5.41, 5.74) is 0. The zero-order valence-electron chi connectivity index (χ0n) is 6.48. The number of hydrogen-bond donors (Lipinski definition) is 0. The first kappa shape index (κ1) is 13.1. The maximum Gasteiger partial charge on any atom is 0.0212 e. The van der Waals surface area contributed by atoms with Crippen molar-refractivity contribution < 1.29 is 0 Å². The molecule has 0 aliphatic carbocycles. The summed E-state index contributed by atoms with van der Waals surface area (Å²) in [4.78, 5) is 0. The van der Waals surface area contributed by atoms with Gasteiger partial charge < -0.3 is 0 Å². The largest absolute Gasteiger partial charge is 0.0919 e. The van der Waals surface area contributed by atoms with Gasteiger partial charge in [-0.2, -0.15) is 0 Å². The van der Waals surface area contributed by atoms with E-state index in [1.165, 1.54) is 0 Å². The monoisotopic (exact) mass is 268 g/mol. The molecule has 0 aromatic heterocycles. The molecule has 0 heterocycles. The van der Waals surface area contributed by atoms with Crippen LogP contribution in [-0.2, 0) is 0 Å². The molecule has 0 fully saturated rings. The van der Waals surface area contributed by atoms with Gasteiger partial charge in [-0.1, -0.05) is 56.2 Å². The molecule has 0 bridgehead atoms. The van der Waals surface area contributed by atoms with Crippen LogP contribution in [-0.4, -0.2) is 10.7 Å². The maximum atomic E-state index is 3.24. The molecule has 0 unspecified atom stereocenters. The molecule has 0 aromatic carbocycles. The van der Waals surface area contributed by atoms with Crippen LogP contribution in [0.15, 0.2) is 24.3 Å². The van der Waals surface area contributed by atoms with Gasteiger partial charge in [0, 0.05) is 10.7 Å². The Kier molecular flexibility index (Phi) is 21.2. The van der Waals surface area contributed by atoms with E-state index >= 15 is 0 Å². The lowest BCUT2D eigenvalue weighted by Crippen LogP contribution is -1.58. The van der Waals surface area contributed by atoms with Crippen molar-refractivity contribution in [1.29, 1.82) is 0 Å². The Morgan fingerprint density at radius 3 is 1.30 bits per heavy atom. The number of allylic oxidation sites excluding steroid dienone is 4. The molecule has 0 aliphatic heterocycles. The lowest BCUT2D eigenvalue weighted by molar-refractivity contribution is 1.64. The highest BCUT2D eigenvalue weighted by molar-refractivity contribution is 9.09. The summed E-state index contributed by atoms with van der Waals surface area (Å²) in [6, 6.07) is 0. The van der Waals surface area contributed by atoms with E-state index in [0.717, 1.165) is 10.7 Å². The predicted octanol–water partition coefficient (Wildman–Crippen LogP) is 3.91. The van der Waals surface area contributed by atoms with E-state index < -0.39 is 0 Å². The fourth-order valence-electron chi connectivity index (χ4n) is 0.126. The van der Waals surface area contributed by atoms with Gasteiger partial charge in [-0.05, 0) is 13.8 Å². The highest BCUT2D eigenvalue weighted by Crippen LogP contribution is 1.84. The lowest BCUT2D eigenvalue weighted by Gasteiger charge is -1.70. The fraction of sp³-hybridized carbons (Fsp3) is 0.500. The first-order valence-corrected chi connectivity index (χ1v) is 5.42. The minimum Gasteiger partial charge on any atom is -0.0919 e. The Balaban J connectivity index is 0. The second kappa shape index (κ2) is 16.2. The van der Waals surface area contributed by atoms with E-state index in [9.17, 15) is 0 Å². The van der Waals surface area contributed by atoms with Gasteiger partial charge in [-0.3, -0.25) is 0 Å². The van der Waals surface area contributed by atoms with Crippen LogP contribution in [0.1, 0.15) is 13.8 Å². The van der Waals surface area contributed by atoms with Crippen molar-refractivity contribution in [2.45, 2.75) is 13.8 Å². The summed E-state index contributed by atoms with van der Waals surface area (Å²) in [5.74, 6) is 0. The summed E-state index contributed by atoms with van der Waals surface area (Å²) in [6.07, 6.45) is 8.10. The van der Waals surface area contributed by atoms with Crippen LogP contribution in [0.25, 0.3) is 0 Å². The standard InChI is InChI=1S/C4H6Br2.C4H8/c5-3-1-2-4-6;1-3-4-2/h1-2H,3-4H2;3-4H,1-2H3. The number of rotatable bonds is 2. The lowest BCUT2D eigenvalue weighted by atomic mass is 10.6. The average molecular weight is 270 g/mol. The SMILES string of the molecule is BrCC=CCBr.CC=CC. The van der Waals surface area contributed by atoms with Crippen LogP contribution in [0.5, 0.6) is 0 Å². The van der Waals surface area contributed by atoms with E-state index in [1.807, 2.05) is 26.0 Å². The Hall–Kier alpha value is 0.440. The predicted molar refractivity (Wildman–Crippen MR) is 57.2 cm³/mol. The van der Waals surface area contributed by atoms with Crippen molar-refractivity contribution in [1.82, 2.24) is 0 Å². The third-order valence-corrected chi connectivity index (χ3v) is 1.43. The van der Waals surface area contributed by atoms with Crippen LogP contribution < -0.4 is 0 Å². The van der Waals surface area contributed by atoms with E-state index in [1.54, 1.807) is 0 Å². The van der Waals surface area contributed by atoms with Crippen LogP contribution in [0.3, 0.4) is 0 Å². The van der Waals surface area contributed by atoms with E-state index in [-0.39, 0.29) is 0 Å². The zero-order valence-corrected chi connectivity index (χ0v) is 9.65. The van der Waals surface area contributed by atoms with Gasteiger partial charge in [-0.15, -0.1) is 0 Å². The molecule has 0 N–H and O–H groups in total. The van der Waals surface area contributed by atoms with Gasteiger partial charge in [0.2, 0.25) is 0 Å². The minimum absolute atomic E-state index is 0.957. The molecule has 0 saturated carbocycles. The Bertz CT molecular complexity index is 75.3. The number of alkyl halides is 2. The normalized spacial score (nSPS) is 10.0. The van der Waals surface area contributed by atoms with Gasteiger partial charge >= 0.3 is 0 Å². The van der Waals surface area contributed by atoms with Gasteiger partial charge in [0.05, 0.1) is 0 Å². The molecule has 2 heteroatoms. The molecule has 0 radical (unpaired) electrons. The van der Waals surface area contributed by atoms with Crippen molar-refractivity contribution >= 4 is 31.9 Å². The molecule has 0 aromatic rings. The molecule has 0 rings (SSSR count). The van der Waals surface area contributed by atoms with Gasteiger partial charge in [-0.25, -0.2) is 0 Å². The highest BCUT2D eigenvalue weighted by Gasteiger charge is 1.62. The number of halogens is 2. The average Bonchev–Trinajstić information content (AvgIpc) is 2.01. The van der Waals surface area contributed by atoms with Gasteiger partial charge in [0.1, 0.15) is 0 Å². The molecule has 0 atom stereocenters. The Morgan fingerprint density at radius 1 is 0.900 bits per heavy atom. The van der Waals surface area contributed by atoms with Crippen molar-refractivity contribution in [2.24, 2.45) is 0 Å². The molecule has 60 valence electrons. The molecule has 0 saturated heterocycles. The van der Waals surface area contributed by atoms with Gasteiger partial charge in [0.25, 0.3) is 0 Å². The molecule has 0 amide bonds. The highest BCUT2D eigenvalue weighted by atomic mass is 79.9. The Labute approximate surface area is 80.7 Å². The molecular formula is C8H14Br2. The van der Waals surface area contributed by atoms with Gasteiger partial charge in [0.15, 0.2) is 0 Å². The summed E-state index contributed by atoms with van der Waals surface area (Å²) in [5, 5.41) is 1.91. The van der Waals surface area contributed by atoms with E-state index in [4.69, 9.17) is 0 Å². The smallest absolute Gasteiger partial charge is 0.0212 e. The summed E-state index contributed by atoms with van der Waals surface area (Å²) >= 11 is 6.49. The van der Waals surface area contributed by atoms with Crippen LogP contribution >= 0.6 is 31.9 Å². The molecular weight excluding hydrogens is 256 g/mol. The van der Waals surface area contributed by atoms with Crippen LogP contribution in [0.2, 0.25) is 0 Å². The fourth-order valence-corrected chi connectivity index (χ4v) is 0.655. The second-order valence-electron chi connectivity index (χ2n) is 1.45. The van der Waals surface area contributed by atoms with Crippen molar-refractivity contribution in [2.75, 3.05) is 10.7 Å². The third kappa shape index (κ3) is 23.7. The van der Waals surface area contributed by atoms with Crippen molar-refractivity contribution in [3.63, 3.8) is 0 Å². The van der Waals surface area contributed by atoms with Crippen molar-refractivity contribution in [3.05, 3.63) is 24.3 Å². The first-order valence-electron chi connectivity index (χ1n) is 3.17. The summed E-state index contributed by atoms with van der Waals surface area (Å²) in [6.45, 7) is 4.00. The third-order valence-electron chi connectivity index (χ3n) is 0.678. The zero-order chi connectivity index (χ0) is 8.24. The van der Waals surface area contributed by atoms with Crippen molar-refractivity contribution in [3.8, 4) is 0 Å². The first-order chi connectivity index (χ1) is 4.83. The quantitative estimate of drug-likeness (QED) is 0.527. The van der Waals surface area contributed by atoms with E-state index in [0.29, 0.717) is 0 Å².